The van der Waals surface area contributed by atoms with E-state index in [2.05, 4.69) is 30.8 Å². The highest BCUT2D eigenvalue weighted by molar-refractivity contribution is 6.30. The van der Waals surface area contributed by atoms with Crippen LogP contribution in [0.25, 0.3) is 0 Å². The van der Waals surface area contributed by atoms with Crippen molar-refractivity contribution >= 4 is 11.6 Å². The van der Waals surface area contributed by atoms with E-state index in [1.807, 2.05) is 12.1 Å². The first-order valence-electron chi connectivity index (χ1n) is 4.47. The number of halogens is 1. The summed E-state index contributed by atoms with van der Waals surface area (Å²) < 4.78 is 0. The molecular formula is C10H15ClN2. The van der Waals surface area contributed by atoms with Crippen LogP contribution in [0.3, 0.4) is 0 Å². The van der Waals surface area contributed by atoms with Crippen LogP contribution in [0.1, 0.15) is 25.5 Å². The summed E-state index contributed by atoms with van der Waals surface area (Å²) in [6.07, 6.45) is 1.71. The van der Waals surface area contributed by atoms with Crippen LogP contribution in [0.4, 0.5) is 0 Å². The van der Waals surface area contributed by atoms with Crippen molar-refractivity contribution in [2.45, 2.75) is 19.9 Å². The Morgan fingerprint density at radius 2 is 2.31 bits per heavy atom. The first kappa shape index (κ1) is 10.5. The molecule has 1 heterocycles. The van der Waals surface area contributed by atoms with Gasteiger partial charge >= 0.3 is 0 Å². The van der Waals surface area contributed by atoms with Crippen LogP contribution >= 0.6 is 11.6 Å². The molecule has 2 nitrogen and oxygen atoms in total. The maximum absolute atomic E-state index is 5.98. The third kappa shape index (κ3) is 2.42. The third-order valence-electron chi connectivity index (χ3n) is 2.40. The minimum atomic E-state index is 0.325. The second kappa shape index (κ2) is 4.58. The highest BCUT2D eigenvalue weighted by Gasteiger charge is 2.12. The molecule has 0 aliphatic rings. The van der Waals surface area contributed by atoms with Gasteiger partial charge in [0.05, 0.1) is 0 Å². The highest BCUT2D eigenvalue weighted by Crippen LogP contribution is 2.23. The van der Waals surface area contributed by atoms with Crippen LogP contribution in [-0.4, -0.2) is 23.5 Å². The summed E-state index contributed by atoms with van der Waals surface area (Å²) in [5.41, 5.74) is 1.09. The van der Waals surface area contributed by atoms with Gasteiger partial charge in [0.25, 0.3) is 0 Å². The molecule has 0 spiro atoms. The lowest BCUT2D eigenvalue weighted by Crippen LogP contribution is -2.22. The molecule has 1 aromatic heterocycles. The summed E-state index contributed by atoms with van der Waals surface area (Å²) in [7, 11) is 2.08. The first-order chi connectivity index (χ1) is 6.16. The molecule has 3 heteroatoms. The van der Waals surface area contributed by atoms with Crippen molar-refractivity contribution in [1.29, 1.82) is 0 Å². The molecule has 1 unspecified atom stereocenters. The lowest BCUT2D eigenvalue weighted by Gasteiger charge is -2.23. The van der Waals surface area contributed by atoms with E-state index in [1.54, 1.807) is 6.20 Å². The largest absolute Gasteiger partial charge is 0.300 e. The molecule has 0 aromatic carbocycles. The van der Waals surface area contributed by atoms with E-state index >= 15 is 0 Å². The van der Waals surface area contributed by atoms with Crippen molar-refractivity contribution in [2.24, 2.45) is 0 Å². The van der Waals surface area contributed by atoms with E-state index < -0.39 is 0 Å². The maximum atomic E-state index is 5.98. The Kier molecular flexibility index (Phi) is 3.70. The Balaban J connectivity index is 2.88. The number of rotatable bonds is 3. The predicted octanol–water partition coefficient (Wildman–Crippen LogP) is 2.75. The molecule has 0 amide bonds. The molecule has 72 valence electrons. The van der Waals surface area contributed by atoms with Crippen LogP contribution < -0.4 is 0 Å². The lowest BCUT2D eigenvalue weighted by molar-refractivity contribution is 0.275. The summed E-state index contributed by atoms with van der Waals surface area (Å²) in [5, 5.41) is 0.607. The Morgan fingerprint density at radius 1 is 1.62 bits per heavy atom. The standard InChI is InChI=1S/C10H15ClN2/c1-4-13(3)8(2)9-6-5-7-12-10(9)11/h5-8H,4H2,1-3H3. The summed E-state index contributed by atoms with van der Waals surface area (Å²) in [6.45, 7) is 5.26. The van der Waals surface area contributed by atoms with Crippen molar-refractivity contribution in [3.63, 3.8) is 0 Å². The van der Waals surface area contributed by atoms with Crippen molar-refractivity contribution < 1.29 is 0 Å². The van der Waals surface area contributed by atoms with Crippen LogP contribution in [-0.2, 0) is 0 Å². The molecule has 0 saturated heterocycles. The van der Waals surface area contributed by atoms with Gasteiger partial charge in [0.1, 0.15) is 5.15 Å². The van der Waals surface area contributed by atoms with Crippen LogP contribution in [0, 0.1) is 0 Å². The van der Waals surface area contributed by atoms with E-state index in [1.165, 1.54) is 0 Å². The molecule has 0 radical (unpaired) electrons. The second-order valence-electron chi connectivity index (χ2n) is 3.13. The molecule has 0 aliphatic carbocycles. The van der Waals surface area contributed by atoms with Gasteiger partial charge in [0, 0.05) is 17.8 Å². The SMILES string of the molecule is CCN(C)C(C)c1cccnc1Cl. The van der Waals surface area contributed by atoms with E-state index in [4.69, 9.17) is 11.6 Å². The fraction of sp³-hybridized carbons (Fsp3) is 0.500. The molecule has 1 rings (SSSR count). The predicted molar refractivity (Wildman–Crippen MR) is 56.0 cm³/mol. The molecule has 1 atom stereocenters. The lowest BCUT2D eigenvalue weighted by atomic mass is 10.1. The summed E-state index contributed by atoms with van der Waals surface area (Å²) in [6, 6.07) is 4.26. The van der Waals surface area contributed by atoms with Gasteiger partial charge < -0.3 is 0 Å². The molecule has 0 N–H and O–H groups in total. The Bertz CT molecular complexity index is 275. The average molecular weight is 199 g/mol. The van der Waals surface area contributed by atoms with Gasteiger partial charge in [-0.2, -0.15) is 0 Å². The Labute approximate surface area is 84.5 Å². The fourth-order valence-corrected chi connectivity index (χ4v) is 1.50. The number of hydrogen-bond donors (Lipinski definition) is 0. The fourth-order valence-electron chi connectivity index (χ4n) is 1.22. The number of pyridine rings is 1. The normalized spacial score (nSPS) is 13.3. The molecule has 13 heavy (non-hydrogen) atoms. The molecular weight excluding hydrogens is 184 g/mol. The quantitative estimate of drug-likeness (QED) is 0.695. The van der Waals surface area contributed by atoms with E-state index in [0.29, 0.717) is 11.2 Å². The highest BCUT2D eigenvalue weighted by atomic mass is 35.5. The molecule has 0 bridgehead atoms. The van der Waals surface area contributed by atoms with E-state index in [9.17, 15) is 0 Å². The Hall–Kier alpha value is -0.600. The van der Waals surface area contributed by atoms with Gasteiger partial charge in [-0.25, -0.2) is 4.98 Å². The van der Waals surface area contributed by atoms with Gasteiger partial charge in [0.2, 0.25) is 0 Å². The van der Waals surface area contributed by atoms with Crippen molar-refractivity contribution in [2.75, 3.05) is 13.6 Å². The number of aromatic nitrogens is 1. The van der Waals surface area contributed by atoms with E-state index in [0.717, 1.165) is 12.1 Å². The molecule has 0 aliphatic heterocycles. The van der Waals surface area contributed by atoms with Gasteiger partial charge in [-0.1, -0.05) is 24.6 Å². The van der Waals surface area contributed by atoms with Crippen LogP contribution in [0.5, 0.6) is 0 Å². The van der Waals surface area contributed by atoms with Crippen molar-refractivity contribution in [3.8, 4) is 0 Å². The zero-order valence-electron chi connectivity index (χ0n) is 8.29. The van der Waals surface area contributed by atoms with Gasteiger partial charge in [-0.15, -0.1) is 0 Å². The minimum Gasteiger partial charge on any atom is -0.300 e. The van der Waals surface area contributed by atoms with E-state index in [-0.39, 0.29) is 0 Å². The topological polar surface area (TPSA) is 16.1 Å². The Morgan fingerprint density at radius 3 is 2.85 bits per heavy atom. The second-order valence-corrected chi connectivity index (χ2v) is 3.49. The maximum Gasteiger partial charge on any atom is 0.133 e. The third-order valence-corrected chi connectivity index (χ3v) is 2.71. The minimum absolute atomic E-state index is 0.325. The number of hydrogen-bond acceptors (Lipinski definition) is 2. The van der Waals surface area contributed by atoms with Crippen LogP contribution in [0.15, 0.2) is 18.3 Å². The molecule has 0 saturated carbocycles. The monoisotopic (exact) mass is 198 g/mol. The van der Waals surface area contributed by atoms with Crippen LogP contribution in [0.2, 0.25) is 5.15 Å². The molecule has 0 fully saturated rings. The smallest absolute Gasteiger partial charge is 0.133 e. The number of nitrogens with zero attached hydrogens (tertiary/aromatic N) is 2. The summed E-state index contributed by atoms with van der Waals surface area (Å²) in [4.78, 5) is 6.28. The average Bonchev–Trinajstić information content (AvgIpc) is 2.16. The van der Waals surface area contributed by atoms with Gasteiger partial charge in [0.15, 0.2) is 0 Å². The van der Waals surface area contributed by atoms with Crippen molar-refractivity contribution in [1.82, 2.24) is 9.88 Å². The summed E-state index contributed by atoms with van der Waals surface area (Å²) >= 11 is 5.98. The van der Waals surface area contributed by atoms with Gasteiger partial charge in [-0.05, 0) is 26.6 Å². The van der Waals surface area contributed by atoms with Crippen molar-refractivity contribution in [3.05, 3.63) is 29.0 Å². The summed E-state index contributed by atoms with van der Waals surface area (Å²) in [5.74, 6) is 0. The zero-order valence-corrected chi connectivity index (χ0v) is 9.04. The van der Waals surface area contributed by atoms with Gasteiger partial charge in [-0.3, -0.25) is 4.90 Å². The first-order valence-corrected chi connectivity index (χ1v) is 4.85. The zero-order chi connectivity index (χ0) is 9.84. The molecule has 1 aromatic rings.